The average Bonchev–Trinajstić information content (AvgIpc) is 4.30. The third-order valence-corrected chi connectivity index (χ3v) is 25.0. The van der Waals surface area contributed by atoms with Gasteiger partial charge < -0.3 is 25.4 Å². The Balaban J connectivity index is 0.000000159. The minimum Gasteiger partial charge on any atom is -0.393 e. The molecule has 8 aliphatic carbocycles. The van der Waals surface area contributed by atoms with Gasteiger partial charge in [-0.25, -0.2) is 0 Å². The van der Waals surface area contributed by atoms with Crippen LogP contribution >= 0.6 is 0 Å². The maximum absolute atomic E-state index is 12.8. The van der Waals surface area contributed by atoms with Crippen LogP contribution in [0.25, 0.3) is 0 Å². The number of aliphatic hydroxyl groups is 2. The van der Waals surface area contributed by atoms with E-state index in [1.807, 2.05) is 6.07 Å². The van der Waals surface area contributed by atoms with E-state index in [4.69, 9.17) is 15.2 Å². The highest BCUT2D eigenvalue weighted by atomic mass is 16.5. The van der Waals surface area contributed by atoms with E-state index in [1.54, 1.807) is 33.4 Å². The lowest BCUT2D eigenvalue weighted by molar-refractivity contribution is -0.119. The number of hydrogen-bond acceptors (Lipinski definition) is 8. The number of piperidine rings is 2. The largest absolute Gasteiger partial charge is 0.393 e. The Morgan fingerprint density at radius 3 is 1.63 bits per heavy atom. The summed E-state index contributed by atoms with van der Waals surface area (Å²) >= 11 is 0. The van der Waals surface area contributed by atoms with Gasteiger partial charge in [-0.2, -0.15) is 0 Å². The normalized spacial score (nSPS) is 46.4. The molecule has 0 amide bonds. The molecular formula is C68H101N3O5. The first-order chi connectivity index (χ1) is 36.5. The summed E-state index contributed by atoms with van der Waals surface area (Å²) in [6.45, 7) is 24.8. The van der Waals surface area contributed by atoms with Crippen LogP contribution in [0.2, 0.25) is 0 Å². The van der Waals surface area contributed by atoms with Crippen molar-refractivity contribution in [1.29, 1.82) is 0 Å². The zero-order valence-corrected chi connectivity index (χ0v) is 48.5. The number of nitrogens with zero attached hydrogens (tertiary/aromatic N) is 2. The van der Waals surface area contributed by atoms with Gasteiger partial charge in [0, 0.05) is 62.9 Å². The second kappa shape index (κ2) is 20.8. The molecule has 0 bridgehead atoms. The molecule has 2 spiro atoms. The molecule has 4 saturated heterocycles. The summed E-state index contributed by atoms with van der Waals surface area (Å²) in [5.41, 5.74) is 17.5. The van der Waals surface area contributed by atoms with E-state index in [2.05, 4.69) is 102 Å². The van der Waals surface area contributed by atoms with E-state index in [0.717, 1.165) is 120 Å². The Morgan fingerprint density at radius 2 is 1.14 bits per heavy atom. The summed E-state index contributed by atoms with van der Waals surface area (Å²) in [5.74, 6) is 7.22. The van der Waals surface area contributed by atoms with Gasteiger partial charge in [-0.15, -0.1) is 0 Å². The van der Waals surface area contributed by atoms with Crippen molar-refractivity contribution >= 4 is 5.78 Å². The molecule has 1 aromatic rings. The van der Waals surface area contributed by atoms with Gasteiger partial charge in [-0.05, 0) is 211 Å². The highest BCUT2D eigenvalue weighted by molar-refractivity contribution is 5.78. The number of nitrogens with two attached hydrogens (primary N) is 1. The van der Waals surface area contributed by atoms with Crippen molar-refractivity contribution < 1.29 is 24.5 Å². The van der Waals surface area contributed by atoms with Crippen LogP contribution in [0, 0.1) is 70.0 Å². The standard InChI is InChI=1S/C39H55NO3.C29H46N2O2/c1-25-21-36-37(40(24-25)20-8-11-30(41)14-12-28-9-6-5-7-10-28)27(3)39(43-36)19-17-32-33-15-13-29-22-31(42)16-18-38(29,4)35(33)23-34(32)26(39)2;1-17-13-26-27(31(16-17)12-11-30)19(3)29(33-26)10-8-22-23-6-5-20-14-21(32)7-9-28(20,4)25(23)15-24(22)18(29)2/h5-7,9-10,13,25,27,31-33,35-37,42H,8,11-12,14-24H2,1-4H3;5,17,19,21-23,25-27,32H,6-16,30H2,1-4H3/t25-,27+,31-,32-,33-,35-,36+,37-,38-,39-;17-,19+,21-,22-,23-,25-,26+,27-,28-,29-/m00/s1. The van der Waals surface area contributed by atoms with Crippen molar-refractivity contribution in [2.24, 2.45) is 75.7 Å². The molecular weight excluding hydrogens is 939 g/mol. The molecule has 4 saturated carbocycles. The second-order valence-electron chi connectivity index (χ2n) is 28.8. The number of rotatable bonds is 9. The van der Waals surface area contributed by atoms with Gasteiger partial charge in [0.2, 0.25) is 0 Å². The number of ether oxygens (including phenoxy) is 2. The van der Waals surface area contributed by atoms with Crippen molar-refractivity contribution in [1.82, 2.24) is 9.80 Å². The molecule has 13 rings (SSSR count). The molecule has 4 heterocycles. The fourth-order valence-electron chi connectivity index (χ4n) is 21.1. The molecule has 8 nitrogen and oxygen atoms in total. The predicted octanol–water partition coefficient (Wildman–Crippen LogP) is 12.4. The summed E-state index contributed by atoms with van der Waals surface area (Å²) < 4.78 is 14.5. The lowest BCUT2D eigenvalue weighted by atomic mass is 9.56. The van der Waals surface area contributed by atoms with Crippen molar-refractivity contribution in [3.8, 4) is 0 Å². The maximum atomic E-state index is 12.8. The predicted molar refractivity (Wildman–Crippen MR) is 305 cm³/mol. The molecule has 0 aromatic heterocycles. The number of fused-ring (bicyclic) bond motifs is 12. The summed E-state index contributed by atoms with van der Waals surface area (Å²) in [7, 11) is 0. The van der Waals surface area contributed by atoms with Crippen molar-refractivity contribution in [2.75, 3.05) is 32.7 Å². The molecule has 4 N–H and O–H groups in total. The lowest BCUT2D eigenvalue weighted by Gasteiger charge is -2.49. The number of ketones is 1. The lowest BCUT2D eigenvalue weighted by Crippen LogP contribution is -2.53. The van der Waals surface area contributed by atoms with Crippen molar-refractivity contribution in [3.05, 3.63) is 81.5 Å². The third kappa shape index (κ3) is 8.95. The van der Waals surface area contributed by atoms with Crippen molar-refractivity contribution in [3.63, 3.8) is 0 Å². The van der Waals surface area contributed by atoms with Crippen LogP contribution in [0.3, 0.4) is 0 Å². The van der Waals surface area contributed by atoms with Crippen LogP contribution in [-0.2, 0) is 20.7 Å². The molecule has 0 radical (unpaired) electrons. The number of carbonyl (C=O) groups is 1. The number of benzene rings is 1. The molecule has 0 unspecified atom stereocenters. The first-order valence-corrected chi connectivity index (χ1v) is 31.7. The molecule has 8 fully saturated rings. The summed E-state index contributed by atoms with van der Waals surface area (Å²) in [6, 6.07) is 11.4. The quantitative estimate of drug-likeness (QED) is 0.210. The number of Topliss-reactive ketones (excluding diaryl/α,β-unsaturated/α-hetero) is 1. The van der Waals surface area contributed by atoms with E-state index in [9.17, 15) is 15.0 Å². The third-order valence-electron chi connectivity index (χ3n) is 25.0. The fourth-order valence-corrected chi connectivity index (χ4v) is 21.1. The molecule has 1 aromatic carbocycles. The molecule has 76 heavy (non-hydrogen) atoms. The molecule has 8 heteroatoms. The Morgan fingerprint density at radius 1 is 0.658 bits per heavy atom. The Kier molecular flexibility index (Phi) is 14.9. The topological polar surface area (TPSA) is 108 Å². The van der Waals surface area contributed by atoms with Crippen LogP contribution in [0.5, 0.6) is 0 Å². The van der Waals surface area contributed by atoms with E-state index in [-0.39, 0.29) is 28.8 Å². The van der Waals surface area contributed by atoms with Crippen LogP contribution in [-0.4, -0.2) is 106 Å². The van der Waals surface area contributed by atoms with E-state index < -0.39 is 0 Å². The van der Waals surface area contributed by atoms with Crippen LogP contribution in [0.1, 0.15) is 183 Å². The smallest absolute Gasteiger partial charge is 0.133 e. The highest BCUT2D eigenvalue weighted by Gasteiger charge is 2.64. The summed E-state index contributed by atoms with van der Waals surface area (Å²) in [5, 5.41) is 20.7. The fraction of sp³-hybridized carbons (Fsp3) is 0.779. The van der Waals surface area contributed by atoms with Gasteiger partial charge in [0.1, 0.15) is 5.78 Å². The van der Waals surface area contributed by atoms with Crippen LogP contribution in [0.4, 0.5) is 0 Å². The Labute approximate surface area is 459 Å². The zero-order chi connectivity index (χ0) is 53.1. The number of likely N-dealkylation sites (tertiary alicyclic amines) is 2. The van der Waals surface area contributed by atoms with E-state index in [0.29, 0.717) is 77.9 Å². The number of aliphatic hydroxyl groups excluding tert-OH is 2. The highest BCUT2D eigenvalue weighted by Crippen LogP contribution is 2.67. The summed E-state index contributed by atoms with van der Waals surface area (Å²) in [4.78, 5) is 18.2. The van der Waals surface area contributed by atoms with Crippen LogP contribution in [0.15, 0.2) is 75.9 Å². The van der Waals surface area contributed by atoms with Gasteiger partial charge in [0.15, 0.2) is 0 Å². The Bertz CT molecular complexity index is 2460. The van der Waals surface area contributed by atoms with Crippen molar-refractivity contribution in [2.45, 2.75) is 232 Å². The molecule has 4 aliphatic heterocycles. The SMILES string of the molecule is CC1=C2C[C@H]3[C@@H](CC=C4C[C@@H](O)CC[C@@]43C)[C@@H]2CC[C@]12O[C@@H]1C[C@H](C)CN(CCCC(=O)CCc3ccccc3)[C@H]1[C@H]2C.CC1=C2C[C@H]3[C@@H](CC=C4C[C@@H](O)CC[C@@]43C)[C@@H]2CC[C@]12O[C@@H]1C[C@H](C)CN(CCN)[C@H]1[C@H]2C. The van der Waals surface area contributed by atoms with Gasteiger partial charge in [-0.1, -0.05) is 106 Å². The molecule has 418 valence electrons. The molecule has 20 atom stereocenters. The number of allylic oxidation sites excluding steroid dienone is 4. The van der Waals surface area contributed by atoms with Gasteiger partial charge in [0.25, 0.3) is 0 Å². The molecule has 12 aliphatic rings. The Hall–Kier alpha value is -2.43. The summed E-state index contributed by atoms with van der Waals surface area (Å²) in [6.07, 6.45) is 26.9. The minimum absolute atomic E-state index is 0.0640. The van der Waals surface area contributed by atoms with E-state index >= 15 is 0 Å². The number of aryl methyl sites for hydroxylation is 1. The van der Waals surface area contributed by atoms with E-state index in [1.165, 1.54) is 63.5 Å². The zero-order valence-electron chi connectivity index (χ0n) is 48.5. The second-order valence-corrected chi connectivity index (χ2v) is 28.8. The minimum atomic E-state index is -0.141. The van der Waals surface area contributed by atoms with Gasteiger partial charge in [-0.3, -0.25) is 14.6 Å². The first kappa shape index (κ1) is 54.2. The van der Waals surface area contributed by atoms with Crippen LogP contribution < -0.4 is 5.73 Å². The van der Waals surface area contributed by atoms with Gasteiger partial charge >= 0.3 is 0 Å². The number of carbonyl (C=O) groups excluding carboxylic acids is 1. The van der Waals surface area contributed by atoms with Gasteiger partial charge in [0.05, 0.1) is 35.6 Å². The first-order valence-electron chi connectivity index (χ1n) is 31.7. The average molecular weight is 1040 g/mol. The maximum Gasteiger partial charge on any atom is 0.133 e. The number of hydrogen-bond donors (Lipinski definition) is 3. The monoisotopic (exact) mass is 1040 g/mol.